The molecule has 0 radical (unpaired) electrons. The Morgan fingerprint density at radius 3 is 2.45 bits per heavy atom. The Kier molecular flexibility index (Phi) is 7.14. The van der Waals surface area contributed by atoms with Gasteiger partial charge >= 0.3 is 12.0 Å². The van der Waals surface area contributed by atoms with E-state index in [2.05, 4.69) is 35.6 Å². The first-order chi connectivity index (χ1) is 18.4. The summed E-state index contributed by atoms with van der Waals surface area (Å²) < 4.78 is 0.879. The number of hydrogen-bond acceptors (Lipinski definition) is 9. The highest BCUT2D eigenvalue weighted by Gasteiger charge is 2.40. The fourth-order valence-corrected chi connectivity index (χ4v) is 5.63. The maximum Gasteiger partial charge on any atom is 0.321 e. The Balaban J connectivity index is 1.45. The number of carbonyl (C=O) groups excluding carboxylic acids is 1. The molecule has 196 valence electrons. The fraction of sp³-hybridized carbons (Fsp3) is 0.346. The number of fused-ring (bicyclic) bond motifs is 1. The Labute approximate surface area is 223 Å². The molecule has 1 aliphatic heterocycles. The second-order valence-electron chi connectivity index (χ2n) is 9.16. The topological polar surface area (TPSA) is 146 Å². The Morgan fingerprint density at radius 1 is 1.05 bits per heavy atom. The van der Waals surface area contributed by atoms with Gasteiger partial charge in [0.25, 0.3) is 0 Å². The number of nitrogens with zero attached hydrogens (tertiary/aromatic N) is 6. The number of aliphatic carboxylic acids is 1. The van der Waals surface area contributed by atoms with E-state index in [0.717, 1.165) is 21.4 Å². The van der Waals surface area contributed by atoms with Gasteiger partial charge in [0.05, 0.1) is 27.5 Å². The van der Waals surface area contributed by atoms with Crippen molar-refractivity contribution in [3.8, 4) is 22.4 Å². The number of rotatable bonds is 7. The smallest absolute Gasteiger partial charge is 0.321 e. The van der Waals surface area contributed by atoms with Crippen LogP contribution in [0.3, 0.4) is 0 Å². The number of hydrogen-bond donors (Lipinski definition) is 3. The number of benzene rings is 1. The van der Waals surface area contributed by atoms with Gasteiger partial charge < -0.3 is 15.3 Å². The summed E-state index contributed by atoms with van der Waals surface area (Å²) in [4.78, 5) is 48.4. The zero-order chi connectivity index (χ0) is 26.7. The van der Waals surface area contributed by atoms with Crippen molar-refractivity contribution in [1.29, 1.82) is 0 Å². The summed E-state index contributed by atoms with van der Waals surface area (Å²) in [5, 5.41) is 15.6. The third-order valence-electron chi connectivity index (χ3n) is 6.99. The van der Waals surface area contributed by atoms with Gasteiger partial charge in [0.15, 0.2) is 5.13 Å². The molecule has 0 saturated carbocycles. The molecule has 0 spiro atoms. The molecule has 3 N–H and O–H groups in total. The summed E-state index contributed by atoms with van der Waals surface area (Å²) in [7, 11) is 0. The molecule has 1 saturated heterocycles. The minimum atomic E-state index is -0.725. The van der Waals surface area contributed by atoms with E-state index in [1.807, 2.05) is 30.9 Å². The number of piperidine rings is 1. The van der Waals surface area contributed by atoms with Gasteiger partial charge in [0.2, 0.25) is 5.95 Å². The van der Waals surface area contributed by atoms with E-state index in [0.29, 0.717) is 61.2 Å². The molecule has 0 atom stereocenters. The van der Waals surface area contributed by atoms with E-state index in [1.165, 1.54) is 11.3 Å². The standard InChI is InChI=1S/C26H28N8O3S/c1-3-26(22(35)36)5-9-34(10-6-26)23-30-13-17(14-31-23)16-11-18(20-15-27-7-8-29-20)21-19(12-16)32-25(38-21)33-24(37)28-4-2/h7-8,11-15H,3-6,9-10H2,1-2H3,(H,35,36)(H2,28,32,33,37). The molecule has 4 aromatic rings. The monoisotopic (exact) mass is 532 g/mol. The van der Waals surface area contributed by atoms with E-state index in [1.54, 1.807) is 31.0 Å². The van der Waals surface area contributed by atoms with Gasteiger partial charge in [-0.05, 0) is 43.9 Å². The van der Waals surface area contributed by atoms with E-state index in [-0.39, 0.29) is 6.03 Å². The first kappa shape index (κ1) is 25.5. The predicted octanol–water partition coefficient (Wildman–Crippen LogP) is 4.43. The summed E-state index contributed by atoms with van der Waals surface area (Å²) in [5.74, 6) is -0.141. The van der Waals surface area contributed by atoms with Crippen molar-refractivity contribution in [2.75, 3.05) is 29.9 Å². The molecular weight excluding hydrogens is 504 g/mol. The molecule has 1 aromatic carbocycles. The number of carboxylic acid groups (broad SMARTS) is 1. The van der Waals surface area contributed by atoms with Gasteiger partial charge in [-0.15, -0.1) is 0 Å². The number of carbonyl (C=O) groups is 2. The van der Waals surface area contributed by atoms with Gasteiger partial charge in [-0.2, -0.15) is 0 Å². The number of nitrogens with one attached hydrogen (secondary N) is 2. The molecule has 3 aromatic heterocycles. The maximum atomic E-state index is 12.1. The molecule has 4 heterocycles. The highest BCUT2D eigenvalue weighted by atomic mass is 32.1. The lowest BCUT2D eigenvalue weighted by Gasteiger charge is -2.38. The van der Waals surface area contributed by atoms with Crippen molar-refractivity contribution in [3.63, 3.8) is 0 Å². The minimum Gasteiger partial charge on any atom is -0.481 e. The summed E-state index contributed by atoms with van der Waals surface area (Å²) in [6.45, 7) is 5.50. The fourth-order valence-electron chi connectivity index (χ4n) is 4.67. The summed E-state index contributed by atoms with van der Waals surface area (Å²) >= 11 is 1.37. The van der Waals surface area contributed by atoms with Crippen molar-refractivity contribution in [1.82, 2.24) is 30.2 Å². The lowest BCUT2D eigenvalue weighted by atomic mass is 9.76. The largest absolute Gasteiger partial charge is 0.481 e. The second-order valence-corrected chi connectivity index (χ2v) is 10.2. The van der Waals surface area contributed by atoms with Crippen LogP contribution in [0.4, 0.5) is 15.9 Å². The summed E-state index contributed by atoms with van der Waals surface area (Å²) in [5.41, 5.74) is 3.24. The van der Waals surface area contributed by atoms with E-state index in [9.17, 15) is 14.7 Å². The van der Waals surface area contributed by atoms with Crippen molar-refractivity contribution >= 4 is 44.6 Å². The van der Waals surface area contributed by atoms with Crippen LogP contribution in [0, 0.1) is 5.41 Å². The van der Waals surface area contributed by atoms with Crippen molar-refractivity contribution in [2.24, 2.45) is 5.41 Å². The van der Waals surface area contributed by atoms with Crippen LogP contribution >= 0.6 is 11.3 Å². The predicted molar refractivity (Wildman–Crippen MR) is 146 cm³/mol. The molecule has 12 heteroatoms. The second kappa shape index (κ2) is 10.7. The highest BCUT2D eigenvalue weighted by molar-refractivity contribution is 7.22. The van der Waals surface area contributed by atoms with Crippen LogP contribution in [0.1, 0.15) is 33.1 Å². The lowest BCUT2D eigenvalue weighted by molar-refractivity contribution is -0.150. The molecule has 5 rings (SSSR count). The van der Waals surface area contributed by atoms with Crippen molar-refractivity contribution in [2.45, 2.75) is 33.1 Å². The molecule has 1 aliphatic rings. The van der Waals surface area contributed by atoms with Crippen LogP contribution in [0.5, 0.6) is 0 Å². The van der Waals surface area contributed by atoms with Crippen LogP contribution < -0.4 is 15.5 Å². The number of amides is 2. The van der Waals surface area contributed by atoms with Gasteiger partial charge in [0.1, 0.15) is 0 Å². The van der Waals surface area contributed by atoms with Crippen LogP contribution in [0.15, 0.2) is 43.1 Å². The van der Waals surface area contributed by atoms with E-state index in [4.69, 9.17) is 0 Å². The van der Waals surface area contributed by atoms with Gasteiger partial charge in [-0.3, -0.25) is 20.1 Å². The van der Waals surface area contributed by atoms with Crippen molar-refractivity contribution in [3.05, 3.63) is 43.1 Å². The van der Waals surface area contributed by atoms with Gasteiger partial charge in [0, 0.05) is 55.5 Å². The summed E-state index contributed by atoms with van der Waals surface area (Å²) in [6.07, 6.45) is 10.2. The van der Waals surface area contributed by atoms with Crippen LogP contribution in [-0.4, -0.2) is 61.7 Å². The summed E-state index contributed by atoms with van der Waals surface area (Å²) in [6, 6.07) is 3.63. The lowest BCUT2D eigenvalue weighted by Crippen LogP contribution is -2.44. The van der Waals surface area contributed by atoms with Crippen LogP contribution in [-0.2, 0) is 4.79 Å². The molecule has 0 bridgehead atoms. The number of aromatic nitrogens is 5. The van der Waals surface area contributed by atoms with Gasteiger partial charge in [-0.25, -0.2) is 19.7 Å². The van der Waals surface area contributed by atoms with Crippen molar-refractivity contribution < 1.29 is 14.7 Å². The molecule has 0 unspecified atom stereocenters. The first-order valence-corrected chi connectivity index (χ1v) is 13.3. The number of carboxylic acids is 1. The number of urea groups is 1. The normalized spacial score (nSPS) is 14.8. The molecular formula is C26H28N8O3S. The SMILES string of the molecule is CCNC(=O)Nc1nc2cc(-c3cnc(N4CCC(CC)(C(=O)O)CC4)nc3)cc(-c3cnccn3)c2s1. The average molecular weight is 533 g/mol. The maximum absolute atomic E-state index is 12.1. The van der Waals surface area contributed by atoms with E-state index >= 15 is 0 Å². The Bertz CT molecular complexity index is 1450. The van der Waals surface area contributed by atoms with Gasteiger partial charge in [-0.1, -0.05) is 18.3 Å². The van der Waals surface area contributed by atoms with E-state index < -0.39 is 11.4 Å². The van der Waals surface area contributed by atoms with Crippen LogP contribution in [0.25, 0.3) is 32.6 Å². The zero-order valence-corrected chi connectivity index (χ0v) is 22.0. The Morgan fingerprint density at radius 2 is 1.82 bits per heavy atom. The Hall–Kier alpha value is -4.19. The average Bonchev–Trinajstić information content (AvgIpc) is 3.35. The number of anilines is 2. The minimum absolute atomic E-state index is 0.311. The number of thiazole rings is 1. The highest BCUT2D eigenvalue weighted by Crippen LogP contribution is 2.39. The molecule has 2 amide bonds. The first-order valence-electron chi connectivity index (χ1n) is 12.5. The third-order valence-corrected chi connectivity index (χ3v) is 8.01. The third kappa shape index (κ3) is 4.99. The molecule has 1 fully saturated rings. The molecule has 0 aliphatic carbocycles. The quantitative estimate of drug-likeness (QED) is 0.314. The zero-order valence-electron chi connectivity index (χ0n) is 21.1. The molecule has 38 heavy (non-hydrogen) atoms. The van der Waals surface area contributed by atoms with Crippen LogP contribution in [0.2, 0.25) is 0 Å². The molecule has 11 nitrogen and oxygen atoms in total.